The molecule has 0 spiro atoms. The third kappa shape index (κ3) is 4.45. The van der Waals surface area contributed by atoms with E-state index in [2.05, 4.69) is 4.98 Å². The van der Waals surface area contributed by atoms with Gasteiger partial charge in [-0.25, -0.2) is 13.4 Å². The fourth-order valence-corrected chi connectivity index (χ4v) is 4.80. The van der Waals surface area contributed by atoms with E-state index in [-0.39, 0.29) is 16.4 Å². The van der Waals surface area contributed by atoms with Crippen molar-refractivity contribution in [3.63, 3.8) is 0 Å². The third-order valence-corrected chi connectivity index (χ3v) is 6.37. The monoisotopic (exact) mass is 408 g/mol. The molecule has 1 aliphatic rings. The summed E-state index contributed by atoms with van der Waals surface area (Å²) in [5.74, 6) is 0.540. The summed E-state index contributed by atoms with van der Waals surface area (Å²) >= 11 is 6.38. The Hall–Kier alpha value is -2.05. The predicted molar refractivity (Wildman–Crippen MR) is 111 cm³/mol. The number of hydrogen-bond acceptors (Lipinski definition) is 5. The van der Waals surface area contributed by atoms with E-state index in [0.717, 1.165) is 10.6 Å². The maximum atomic E-state index is 12.5. The second-order valence-electron chi connectivity index (χ2n) is 5.87. The first kappa shape index (κ1) is 21.3. The quantitative estimate of drug-likeness (QED) is 0.785. The Morgan fingerprint density at radius 3 is 2.52 bits per heavy atom. The number of phenols is 1. The number of sulfone groups is 1. The number of aromatic nitrogens is 1. The maximum Gasteiger partial charge on any atom is 0.180 e. The number of aromatic hydroxyl groups is 1. The minimum absolute atomic E-state index is 0.0461. The minimum Gasteiger partial charge on any atom is -0.508 e. The first-order valence-corrected chi connectivity index (χ1v) is 11.0. The van der Waals surface area contributed by atoms with Gasteiger partial charge in [-0.2, -0.15) is 0 Å². The first-order valence-electron chi connectivity index (χ1n) is 8.94. The molecule has 1 aromatic carbocycles. The van der Waals surface area contributed by atoms with E-state index in [0.29, 0.717) is 29.5 Å². The Morgan fingerprint density at radius 1 is 1.19 bits per heavy atom. The van der Waals surface area contributed by atoms with Crippen molar-refractivity contribution >= 4 is 39.4 Å². The molecular formula is C20H25ClN2O3S. The Labute approximate surface area is 165 Å². The van der Waals surface area contributed by atoms with Gasteiger partial charge in [0.2, 0.25) is 0 Å². The molecule has 0 atom stereocenters. The van der Waals surface area contributed by atoms with E-state index in [1.165, 1.54) is 12.1 Å². The highest BCUT2D eigenvalue weighted by Crippen LogP contribution is 2.28. The fraction of sp³-hybridized carbons (Fsp3) is 0.350. The zero-order valence-electron chi connectivity index (χ0n) is 16.0. The number of rotatable bonds is 1. The predicted octanol–water partition coefficient (Wildman–Crippen LogP) is 2.86. The SMILES string of the molecule is C/C=c1/nc(N2CCS(=O)(=O)c3cc(O)ccc3C2)cc(Cl)/c1=C/C.CC. The topological polar surface area (TPSA) is 70.5 Å². The zero-order valence-corrected chi connectivity index (χ0v) is 17.6. The largest absolute Gasteiger partial charge is 0.508 e. The van der Waals surface area contributed by atoms with Crippen LogP contribution in [-0.2, 0) is 16.4 Å². The lowest BCUT2D eigenvalue weighted by Crippen LogP contribution is -2.34. The van der Waals surface area contributed by atoms with E-state index in [1.54, 1.807) is 12.1 Å². The minimum atomic E-state index is -3.46. The van der Waals surface area contributed by atoms with Crippen LogP contribution in [0.15, 0.2) is 29.2 Å². The van der Waals surface area contributed by atoms with Crippen LogP contribution in [0.5, 0.6) is 5.75 Å². The van der Waals surface area contributed by atoms with Crippen molar-refractivity contribution < 1.29 is 13.5 Å². The van der Waals surface area contributed by atoms with Gasteiger partial charge in [-0.3, -0.25) is 0 Å². The fourth-order valence-electron chi connectivity index (χ4n) is 2.98. The van der Waals surface area contributed by atoms with Gasteiger partial charge in [0, 0.05) is 18.3 Å². The summed E-state index contributed by atoms with van der Waals surface area (Å²) in [6.07, 6.45) is 3.78. The molecule has 0 saturated heterocycles. The number of phenolic OH excluding ortho intramolecular Hbond substituents is 1. The van der Waals surface area contributed by atoms with Crippen LogP contribution >= 0.6 is 11.6 Å². The van der Waals surface area contributed by atoms with Crippen molar-refractivity contribution in [3.05, 3.63) is 45.4 Å². The average molecular weight is 409 g/mol. The van der Waals surface area contributed by atoms with Gasteiger partial charge in [0.1, 0.15) is 11.6 Å². The number of benzene rings is 1. The molecule has 146 valence electrons. The van der Waals surface area contributed by atoms with Gasteiger partial charge in [0.05, 0.1) is 21.0 Å². The van der Waals surface area contributed by atoms with Gasteiger partial charge in [-0.15, -0.1) is 0 Å². The van der Waals surface area contributed by atoms with Crippen LogP contribution in [0.2, 0.25) is 5.02 Å². The van der Waals surface area contributed by atoms with Crippen LogP contribution in [0, 0.1) is 0 Å². The highest BCUT2D eigenvalue weighted by atomic mass is 35.5. The second-order valence-corrected chi connectivity index (χ2v) is 8.36. The Balaban J connectivity index is 0.00000126. The molecule has 2 aromatic rings. The highest BCUT2D eigenvalue weighted by molar-refractivity contribution is 7.91. The normalized spacial score (nSPS) is 17.0. The van der Waals surface area contributed by atoms with Crippen molar-refractivity contribution in [3.8, 4) is 5.75 Å². The lowest BCUT2D eigenvalue weighted by molar-refractivity contribution is 0.472. The van der Waals surface area contributed by atoms with Gasteiger partial charge in [0.25, 0.3) is 0 Å². The van der Waals surface area contributed by atoms with E-state index < -0.39 is 9.84 Å². The molecule has 2 heterocycles. The van der Waals surface area contributed by atoms with Crippen LogP contribution in [0.1, 0.15) is 33.3 Å². The molecule has 0 radical (unpaired) electrons. The maximum absolute atomic E-state index is 12.5. The molecule has 5 nitrogen and oxygen atoms in total. The number of hydrogen-bond donors (Lipinski definition) is 1. The van der Waals surface area contributed by atoms with Gasteiger partial charge >= 0.3 is 0 Å². The number of nitrogens with zero attached hydrogens (tertiary/aromatic N) is 2. The van der Waals surface area contributed by atoms with Crippen molar-refractivity contribution in [1.29, 1.82) is 0 Å². The van der Waals surface area contributed by atoms with Gasteiger partial charge < -0.3 is 10.0 Å². The van der Waals surface area contributed by atoms with Gasteiger partial charge in [0.15, 0.2) is 9.84 Å². The summed E-state index contributed by atoms with van der Waals surface area (Å²) in [5, 5.41) is 11.9. The number of fused-ring (bicyclic) bond motifs is 1. The lowest BCUT2D eigenvalue weighted by Gasteiger charge is -2.22. The van der Waals surface area contributed by atoms with E-state index >= 15 is 0 Å². The Kier molecular flexibility index (Phi) is 6.89. The molecule has 27 heavy (non-hydrogen) atoms. The van der Waals surface area contributed by atoms with E-state index in [9.17, 15) is 13.5 Å². The molecule has 0 aliphatic carbocycles. The molecule has 7 heteroatoms. The molecule has 3 rings (SSSR count). The molecule has 1 aromatic heterocycles. The summed E-state index contributed by atoms with van der Waals surface area (Å²) in [6, 6.07) is 6.22. The van der Waals surface area contributed by atoms with E-state index in [1.807, 2.05) is 44.7 Å². The molecule has 0 fully saturated rings. The summed E-state index contributed by atoms with van der Waals surface area (Å²) in [7, 11) is -3.46. The van der Waals surface area contributed by atoms with Crippen molar-refractivity contribution in [2.45, 2.75) is 39.1 Å². The highest BCUT2D eigenvalue weighted by Gasteiger charge is 2.26. The van der Waals surface area contributed by atoms with Crippen LogP contribution in [0.25, 0.3) is 12.2 Å². The molecule has 0 unspecified atom stereocenters. The summed E-state index contributed by atoms with van der Waals surface area (Å²) in [5.41, 5.74) is 0.640. The zero-order chi connectivity index (χ0) is 20.2. The summed E-state index contributed by atoms with van der Waals surface area (Å²) in [4.78, 5) is 6.72. The summed E-state index contributed by atoms with van der Waals surface area (Å²) in [6.45, 7) is 8.48. The van der Waals surface area contributed by atoms with Crippen LogP contribution in [-0.4, -0.2) is 30.8 Å². The number of anilines is 1. The Morgan fingerprint density at radius 2 is 1.89 bits per heavy atom. The number of halogens is 1. The van der Waals surface area contributed by atoms with Gasteiger partial charge in [-0.05, 0) is 37.6 Å². The van der Waals surface area contributed by atoms with Crippen molar-refractivity contribution in [2.24, 2.45) is 0 Å². The summed E-state index contributed by atoms with van der Waals surface area (Å²) < 4.78 is 25.0. The third-order valence-electron chi connectivity index (χ3n) is 4.29. The molecule has 0 saturated carbocycles. The molecule has 1 aliphatic heterocycles. The van der Waals surface area contributed by atoms with Crippen LogP contribution in [0.4, 0.5) is 5.82 Å². The smallest absolute Gasteiger partial charge is 0.180 e. The first-order chi connectivity index (χ1) is 12.9. The lowest BCUT2D eigenvalue weighted by atomic mass is 10.2. The van der Waals surface area contributed by atoms with Crippen LogP contribution < -0.4 is 15.5 Å². The van der Waals surface area contributed by atoms with Gasteiger partial charge in [-0.1, -0.05) is 43.7 Å². The van der Waals surface area contributed by atoms with E-state index in [4.69, 9.17) is 11.6 Å². The standard InChI is InChI=1S/C18H19ClN2O3S.C2H6/c1-3-14-15(19)10-18(20-16(14)4-2)21-7-8-25(23,24)17-9-13(22)6-5-12(17)11-21;1-2/h3-6,9-10,22H,7-8,11H2,1-2H3;1-2H3/b14-3-,16-4+;. The van der Waals surface area contributed by atoms with Crippen molar-refractivity contribution in [1.82, 2.24) is 4.98 Å². The molecule has 0 bridgehead atoms. The molecule has 1 N–H and O–H groups in total. The molecular weight excluding hydrogens is 384 g/mol. The van der Waals surface area contributed by atoms with Crippen LogP contribution in [0.3, 0.4) is 0 Å². The number of pyridine rings is 1. The average Bonchev–Trinajstić information content (AvgIpc) is 2.79. The van der Waals surface area contributed by atoms with Crippen molar-refractivity contribution in [2.75, 3.05) is 17.2 Å². The second kappa shape index (κ2) is 8.76. The Bertz CT molecular complexity index is 1050. The molecule has 0 amide bonds.